The molecule has 0 aromatic rings. The molecule has 0 bridgehead atoms. The third kappa shape index (κ3) is 0.956. The van der Waals surface area contributed by atoms with Crippen molar-refractivity contribution < 1.29 is 0 Å². The lowest BCUT2D eigenvalue weighted by Crippen LogP contribution is -2.51. The molecular formula is C6H13N3. The second-order valence-electron chi connectivity index (χ2n) is 2.77. The molecule has 2 aliphatic rings. The summed E-state index contributed by atoms with van der Waals surface area (Å²) >= 11 is 0. The minimum absolute atomic E-state index is 0.777. The Balaban J connectivity index is 1.97. The zero-order valence-electron chi connectivity index (χ0n) is 5.56. The number of hydrazine groups is 2. The van der Waals surface area contributed by atoms with E-state index in [2.05, 4.69) is 16.0 Å². The maximum Gasteiger partial charge on any atom is 0.0413 e. The van der Waals surface area contributed by atoms with Crippen LogP contribution < -0.4 is 10.9 Å². The molecule has 9 heavy (non-hydrogen) atoms. The van der Waals surface area contributed by atoms with Gasteiger partial charge >= 0.3 is 0 Å². The van der Waals surface area contributed by atoms with Crippen molar-refractivity contribution in [3.05, 3.63) is 0 Å². The van der Waals surface area contributed by atoms with Gasteiger partial charge in [0.2, 0.25) is 0 Å². The highest BCUT2D eigenvalue weighted by atomic mass is 15.7. The molecule has 1 atom stereocenters. The van der Waals surface area contributed by atoms with E-state index < -0.39 is 0 Å². The second-order valence-corrected chi connectivity index (χ2v) is 2.77. The van der Waals surface area contributed by atoms with E-state index >= 15 is 0 Å². The number of fused-ring (bicyclic) bond motifs is 1. The maximum absolute atomic E-state index is 3.30. The quantitative estimate of drug-likeness (QED) is 0.474. The summed E-state index contributed by atoms with van der Waals surface area (Å²) < 4.78 is 0. The predicted molar refractivity (Wildman–Crippen MR) is 35.5 cm³/mol. The summed E-state index contributed by atoms with van der Waals surface area (Å²) in [5, 5.41) is 2.17. The molecule has 2 N–H and O–H groups in total. The van der Waals surface area contributed by atoms with Gasteiger partial charge in [-0.05, 0) is 19.3 Å². The van der Waals surface area contributed by atoms with Gasteiger partial charge in [-0.1, -0.05) is 0 Å². The highest BCUT2D eigenvalue weighted by Gasteiger charge is 2.25. The minimum Gasteiger partial charge on any atom is -0.241 e. The molecule has 2 heterocycles. The van der Waals surface area contributed by atoms with Gasteiger partial charge in [-0.25, -0.2) is 10.9 Å². The first-order chi connectivity index (χ1) is 4.47. The Morgan fingerprint density at radius 2 is 2.00 bits per heavy atom. The Bertz CT molecular complexity index is 92.5. The Morgan fingerprint density at radius 1 is 1.11 bits per heavy atom. The minimum atomic E-state index is 0.777. The largest absolute Gasteiger partial charge is 0.241 e. The van der Waals surface area contributed by atoms with Crippen molar-refractivity contribution in [2.24, 2.45) is 0 Å². The monoisotopic (exact) mass is 127 g/mol. The van der Waals surface area contributed by atoms with Crippen molar-refractivity contribution in [2.75, 3.05) is 13.1 Å². The van der Waals surface area contributed by atoms with Gasteiger partial charge in [0.15, 0.2) is 0 Å². The summed E-state index contributed by atoms with van der Waals surface area (Å²) in [5.74, 6) is 0. The third-order valence-electron chi connectivity index (χ3n) is 2.12. The van der Waals surface area contributed by atoms with Crippen LogP contribution in [0.2, 0.25) is 0 Å². The zero-order valence-corrected chi connectivity index (χ0v) is 5.56. The first-order valence-corrected chi connectivity index (χ1v) is 3.73. The fourth-order valence-corrected chi connectivity index (χ4v) is 1.61. The first kappa shape index (κ1) is 5.65. The molecule has 0 spiro atoms. The van der Waals surface area contributed by atoms with E-state index in [1.165, 1.54) is 19.3 Å². The lowest BCUT2D eigenvalue weighted by Gasteiger charge is -2.29. The molecule has 2 fully saturated rings. The first-order valence-electron chi connectivity index (χ1n) is 3.73. The van der Waals surface area contributed by atoms with Gasteiger partial charge in [-0.2, -0.15) is 5.12 Å². The van der Waals surface area contributed by atoms with E-state index in [1.54, 1.807) is 0 Å². The molecule has 3 heteroatoms. The van der Waals surface area contributed by atoms with E-state index in [0.29, 0.717) is 0 Å². The molecule has 3 nitrogen and oxygen atoms in total. The van der Waals surface area contributed by atoms with Gasteiger partial charge in [-0.3, -0.25) is 0 Å². The Labute approximate surface area is 55.4 Å². The van der Waals surface area contributed by atoms with Gasteiger partial charge in [0.25, 0.3) is 0 Å². The molecule has 0 radical (unpaired) electrons. The van der Waals surface area contributed by atoms with Crippen molar-refractivity contribution in [1.82, 2.24) is 16.0 Å². The van der Waals surface area contributed by atoms with E-state index in [-0.39, 0.29) is 0 Å². The Hall–Kier alpha value is -0.120. The Kier molecular flexibility index (Phi) is 1.41. The highest BCUT2D eigenvalue weighted by Crippen LogP contribution is 2.14. The molecule has 0 aromatic carbocycles. The number of nitrogens with one attached hydrogen (secondary N) is 2. The van der Waals surface area contributed by atoms with Gasteiger partial charge in [-0.15, -0.1) is 0 Å². The van der Waals surface area contributed by atoms with Gasteiger partial charge < -0.3 is 0 Å². The van der Waals surface area contributed by atoms with Crippen LogP contribution in [0.1, 0.15) is 19.3 Å². The van der Waals surface area contributed by atoms with Crippen molar-refractivity contribution in [3.8, 4) is 0 Å². The van der Waals surface area contributed by atoms with Crippen molar-refractivity contribution >= 4 is 0 Å². The molecule has 0 aliphatic carbocycles. The number of rotatable bonds is 0. The number of nitrogens with zero attached hydrogens (tertiary/aromatic N) is 1. The van der Waals surface area contributed by atoms with Crippen LogP contribution in [0.25, 0.3) is 0 Å². The van der Waals surface area contributed by atoms with Crippen molar-refractivity contribution in [2.45, 2.75) is 25.3 Å². The molecule has 52 valence electrons. The molecule has 0 amide bonds. The molecule has 2 saturated heterocycles. The summed E-state index contributed by atoms with van der Waals surface area (Å²) in [4.78, 5) is 0. The fraction of sp³-hybridized carbons (Fsp3) is 1.00. The van der Waals surface area contributed by atoms with Crippen LogP contribution in [-0.4, -0.2) is 24.2 Å². The summed E-state index contributed by atoms with van der Waals surface area (Å²) in [6.45, 7) is 2.29. The lowest BCUT2D eigenvalue weighted by molar-refractivity contribution is 0.0759. The third-order valence-corrected chi connectivity index (χ3v) is 2.12. The number of hydrogen-bond donors (Lipinski definition) is 2. The normalized spacial score (nSPS) is 36.7. The summed E-state index contributed by atoms with van der Waals surface area (Å²) in [6.07, 6.45) is 4.01. The molecule has 1 unspecified atom stereocenters. The average Bonchev–Trinajstić information content (AvgIpc) is 2.33. The molecular weight excluding hydrogens is 114 g/mol. The van der Waals surface area contributed by atoms with E-state index in [0.717, 1.165) is 19.1 Å². The van der Waals surface area contributed by atoms with Crippen LogP contribution in [0.3, 0.4) is 0 Å². The van der Waals surface area contributed by atoms with Gasteiger partial charge in [0, 0.05) is 19.1 Å². The topological polar surface area (TPSA) is 27.3 Å². The zero-order chi connectivity index (χ0) is 6.10. The van der Waals surface area contributed by atoms with Crippen LogP contribution in [0.5, 0.6) is 0 Å². The van der Waals surface area contributed by atoms with Crippen LogP contribution in [-0.2, 0) is 0 Å². The average molecular weight is 127 g/mol. The molecule has 2 rings (SSSR count). The van der Waals surface area contributed by atoms with E-state index in [1.807, 2.05) is 0 Å². The Morgan fingerprint density at radius 3 is 2.89 bits per heavy atom. The maximum atomic E-state index is 3.30. The van der Waals surface area contributed by atoms with Crippen LogP contribution >= 0.6 is 0 Å². The lowest BCUT2D eigenvalue weighted by atomic mass is 10.1. The van der Waals surface area contributed by atoms with E-state index in [4.69, 9.17) is 0 Å². The number of hydrogen-bond acceptors (Lipinski definition) is 3. The van der Waals surface area contributed by atoms with E-state index in [9.17, 15) is 0 Å². The second kappa shape index (κ2) is 2.25. The van der Waals surface area contributed by atoms with Crippen LogP contribution in [0, 0.1) is 0 Å². The standard InChI is InChI=1S/C6H13N3/c1-2-6-3-5-8-9(6)7-4-1/h6-8H,1-5H2. The molecule has 0 aromatic heterocycles. The van der Waals surface area contributed by atoms with Gasteiger partial charge in [0.05, 0.1) is 0 Å². The summed E-state index contributed by atoms with van der Waals surface area (Å²) in [5.41, 5.74) is 6.58. The van der Waals surface area contributed by atoms with Crippen LogP contribution in [0.15, 0.2) is 0 Å². The SMILES string of the molecule is C1CNN2NCCC2C1. The predicted octanol–water partition coefficient (Wildman–Crippen LogP) is -0.136. The highest BCUT2D eigenvalue weighted by molar-refractivity contribution is 4.76. The molecule has 2 aliphatic heterocycles. The summed E-state index contributed by atoms with van der Waals surface area (Å²) in [7, 11) is 0. The molecule has 0 saturated carbocycles. The van der Waals surface area contributed by atoms with Crippen molar-refractivity contribution in [3.63, 3.8) is 0 Å². The smallest absolute Gasteiger partial charge is 0.0413 e. The fourth-order valence-electron chi connectivity index (χ4n) is 1.61. The summed E-state index contributed by atoms with van der Waals surface area (Å²) in [6, 6.07) is 0.777. The van der Waals surface area contributed by atoms with Crippen molar-refractivity contribution in [1.29, 1.82) is 0 Å². The van der Waals surface area contributed by atoms with Gasteiger partial charge in [0.1, 0.15) is 0 Å². The van der Waals surface area contributed by atoms with Crippen LogP contribution in [0.4, 0.5) is 0 Å².